The predicted octanol–water partition coefficient (Wildman–Crippen LogP) is 14.5. The summed E-state index contributed by atoms with van der Waals surface area (Å²) >= 11 is 0. The zero-order valence-corrected chi connectivity index (χ0v) is 36.1. The second kappa shape index (κ2) is 44.3. The summed E-state index contributed by atoms with van der Waals surface area (Å²) in [7, 11) is 0. The average molecular weight is 779 g/mol. The minimum absolute atomic E-state index is 0.122. The summed E-state index contributed by atoms with van der Waals surface area (Å²) in [5.74, 6) is -1.10. The molecule has 6 nitrogen and oxygen atoms in total. The van der Waals surface area contributed by atoms with E-state index in [1.165, 1.54) is 77.0 Å². The highest BCUT2D eigenvalue weighted by Crippen LogP contribution is 2.12. The molecule has 0 aliphatic heterocycles. The lowest BCUT2D eigenvalue weighted by Gasteiger charge is -2.18. The van der Waals surface area contributed by atoms with E-state index in [1.807, 2.05) is 6.08 Å². The van der Waals surface area contributed by atoms with Gasteiger partial charge in [0.25, 0.3) is 0 Å². The molecule has 1 unspecified atom stereocenters. The molecule has 0 heterocycles. The predicted molar refractivity (Wildman–Crippen MR) is 237 cm³/mol. The number of carbonyl (C=O) groups is 3. The van der Waals surface area contributed by atoms with Gasteiger partial charge in [0.1, 0.15) is 13.2 Å². The van der Waals surface area contributed by atoms with Crippen molar-refractivity contribution in [2.45, 2.75) is 200 Å². The van der Waals surface area contributed by atoms with Gasteiger partial charge >= 0.3 is 17.9 Å². The molecule has 6 heteroatoms. The molecule has 0 saturated heterocycles. The van der Waals surface area contributed by atoms with Crippen molar-refractivity contribution in [3.8, 4) is 0 Å². The fourth-order valence-corrected chi connectivity index (χ4v) is 5.80. The molecule has 0 radical (unpaired) electrons. The highest BCUT2D eigenvalue weighted by molar-refractivity contribution is 5.72. The lowest BCUT2D eigenvalue weighted by Crippen LogP contribution is -2.30. The third-order valence-electron chi connectivity index (χ3n) is 9.15. The number of esters is 3. The maximum atomic E-state index is 12.7. The fraction of sp³-hybridized carbons (Fsp3) is 0.660. The van der Waals surface area contributed by atoms with Crippen LogP contribution in [0.3, 0.4) is 0 Å². The summed E-state index contributed by atoms with van der Waals surface area (Å²) in [6, 6.07) is 0. The van der Waals surface area contributed by atoms with E-state index in [2.05, 4.69) is 93.7 Å². The third-order valence-corrected chi connectivity index (χ3v) is 9.15. The molecule has 0 aromatic rings. The van der Waals surface area contributed by atoms with Crippen LogP contribution < -0.4 is 0 Å². The van der Waals surface area contributed by atoms with Gasteiger partial charge in [-0.15, -0.1) is 0 Å². The first-order valence-electron chi connectivity index (χ1n) is 22.6. The number of hydrogen-bond acceptors (Lipinski definition) is 6. The Morgan fingerprint density at radius 3 is 1.30 bits per heavy atom. The maximum absolute atomic E-state index is 12.7. The molecule has 318 valence electrons. The number of rotatable bonds is 39. The van der Waals surface area contributed by atoms with E-state index >= 15 is 0 Å². The van der Waals surface area contributed by atoms with E-state index < -0.39 is 12.1 Å². The van der Waals surface area contributed by atoms with Crippen molar-refractivity contribution >= 4 is 17.9 Å². The summed E-state index contributed by atoms with van der Waals surface area (Å²) in [6.07, 6.45) is 56.1. The van der Waals surface area contributed by atoms with Crippen molar-refractivity contribution in [2.24, 2.45) is 0 Å². The Bertz CT molecular complexity index is 1120. The van der Waals surface area contributed by atoms with Gasteiger partial charge < -0.3 is 14.2 Å². The minimum atomic E-state index is -0.831. The molecule has 0 aliphatic rings. The van der Waals surface area contributed by atoms with Gasteiger partial charge in [-0.3, -0.25) is 14.4 Å². The highest BCUT2D eigenvalue weighted by Gasteiger charge is 2.19. The number of hydrogen-bond donors (Lipinski definition) is 0. The first-order chi connectivity index (χ1) is 27.5. The third kappa shape index (κ3) is 41.7. The number of unbranched alkanes of at least 4 members (excludes halogenated alkanes) is 15. The summed E-state index contributed by atoms with van der Waals surface area (Å²) in [5.41, 5.74) is 0. The van der Waals surface area contributed by atoms with Gasteiger partial charge in [0, 0.05) is 12.8 Å². The Labute approximate surface area is 344 Å². The van der Waals surface area contributed by atoms with E-state index in [1.54, 1.807) is 6.08 Å². The average Bonchev–Trinajstić information content (AvgIpc) is 3.19. The second-order valence-electron chi connectivity index (χ2n) is 14.6. The molecule has 0 spiro atoms. The topological polar surface area (TPSA) is 78.9 Å². The van der Waals surface area contributed by atoms with E-state index in [0.717, 1.165) is 70.6 Å². The lowest BCUT2D eigenvalue weighted by atomic mass is 10.1. The normalized spacial score (nSPS) is 12.8. The van der Waals surface area contributed by atoms with Gasteiger partial charge in [-0.2, -0.15) is 0 Å². The van der Waals surface area contributed by atoms with Crippen molar-refractivity contribution < 1.29 is 28.6 Å². The summed E-state index contributed by atoms with van der Waals surface area (Å²) < 4.78 is 16.5. The standard InChI is InChI=1S/C50H82O6/c1-4-7-10-13-16-19-21-23-24-25-26-27-29-31-34-37-40-43-49(52)55-46-47(45-54-48(51)42-39-36-33-30-18-15-12-9-6-3)56-50(53)44-41-38-35-32-28-22-20-17-14-11-8-5-2/h8-9,11-12,17-18,20,23-24,28,30,32,36,39,47H,4-7,10,13-16,19,21-22,25-27,29,31,33-35,37-38,40-46H2,1-3H3/b11-8-,12-9-,20-17-,24-23-,30-18-,32-28-,39-36-. The monoisotopic (exact) mass is 779 g/mol. The van der Waals surface area contributed by atoms with E-state index in [4.69, 9.17) is 14.2 Å². The first kappa shape index (κ1) is 52.6. The van der Waals surface area contributed by atoms with Crippen LogP contribution in [0.15, 0.2) is 85.1 Å². The zero-order valence-electron chi connectivity index (χ0n) is 36.1. The Morgan fingerprint density at radius 1 is 0.393 bits per heavy atom. The maximum Gasteiger partial charge on any atom is 0.309 e. The largest absolute Gasteiger partial charge is 0.462 e. The van der Waals surface area contributed by atoms with Crippen LogP contribution in [0.25, 0.3) is 0 Å². The van der Waals surface area contributed by atoms with Gasteiger partial charge in [-0.25, -0.2) is 0 Å². The van der Waals surface area contributed by atoms with Crippen molar-refractivity contribution in [2.75, 3.05) is 13.2 Å². The van der Waals surface area contributed by atoms with Gasteiger partial charge in [0.15, 0.2) is 6.10 Å². The zero-order chi connectivity index (χ0) is 40.8. The van der Waals surface area contributed by atoms with Crippen LogP contribution in [0, 0.1) is 0 Å². The minimum Gasteiger partial charge on any atom is -0.462 e. The molecular weight excluding hydrogens is 697 g/mol. The van der Waals surface area contributed by atoms with Crippen molar-refractivity contribution in [3.63, 3.8) is 0 Å². The van der Waals surface area contributed by atoms with Crippen molar-refractivity contribution in [1.82, 2.24) is 0 Å². The molecule has 0 aliphatic carbocycles. The Balaban J connectivity index is 4.44. The quantitative estimate of drug-likeness (QED) is 0.0268. The highest BCUT2D eigenvalue weighted by atomic mass is 16.6. The fourth-order valence-electron chi connectivity index (χ4n) is 5.80. The van der Waals surface area contributed by atoms with Crippen LogP contribution in [0.5, 0.6) is 0 Å². The molecule has 1 atom stereocenters. The molecule has 0 bridgehead atoms. The molecule has 0 aromatic heterocycles. The molecular formula is C50H82O6. The second-order valence-corrected chi connectivity index (χ2v) is 14.6. The van der Waals surface area contributed by atoms with Crippen LogP contribution in [-0.4, -0.2) is 37.2 Å². The number of carbonyl (C=O) groups excluding carboxylic acids is 3. The first-order valence-corrected chi connectivity index (χ1v) is 22.6. The van der Waals surface area contributed by atoms with E-state index in [9.17, 15) is 14.4 Å². The Kier molecular flexibility index (Phi) is 41.6. The summed E-state index contributed by atoms with van der Waals surface area (Å²) in [6.45, 7) is 6.24. The molecule has 0 amide bonds. The van der Waals surface area contributed by atoms with Crippen molar-refractivity contribution in [3.05, 3.63) is 85.1 Å². The Morgan fingerprint density at radius 2 is 0.768 bits per heavy atom. The molecule has 0 N–H and O–H groups in total. The lowest BCUT2D eigenvalue weighted by molar-refractivity contribution is -0.166. The van der Waals surface area contributed by atoms with Crippen LogP contribution in [0.2, 0.25) is 0 Å². The SMILES string of the molecule is CC/C=C\C/C=C\C/C=C\CCCCC(=O)OC(COC(=O)C/C=C\C/C=C\C/C=C\CC)COC(=O)CCCCCCCCC/C=C\CCCCCCCC. The number of allylic oxidation sites excluding steroid dienone is 13. The van der Waals surface area contributed by atoms with Gasteiger partial charge in [-0.05, 0) is 89.9 Å². The van der Waals surface area contributed by atoms with Crippen LogP contribution in [0.4, 0.5) is 0 Å². The number of ether oxygens (including phenoxy) is 3. The summed E-state index contributed by atoms with van der Waals surface area (Å²) in [4.78, 5) is 37.6. The molecule has 0 saturated carbocycles. The van der Waals surface area contributed by atoms with Crippen LogP contribution in [-0.2, 0) is 28.6 Å². The Hall–Kier alpha value is -3.41. The van der Waals surface area contributed by atoms with E-state index in [0.29, 0.717) is 12.8 Å². The van der Waals surface area contributed by atoms with Crippen LogP contribution in [0.1, 0.15) is 194 Å². The molecule has 56 heavy (non-hydrogen) atoms. The van der Waals surface area contributed by atoms with Crippen LogP contribution >= 0.6 is 0 Å². The molecule has 0 aromatic carbocycles. The molecule has 0 rings (SSSR count). The van der Waals surface area contributed by atoms with Gasteiger partial charge in [-0.1, -0.05) is 170 Å². The molecule has 0 fully saturated rings. The van der Waals surface area contributed by atoms with Crippen molar-refractivity contribution in [1.29, 1.82) is 0 Å². The smallest absolute Gasteiger partial charge is 0.309 e. The summed E-state index contributed by atoms with van der Waals surface area (Å²) in [5, 5.41) is 0. The van der Waals surface area contributed by atoms with E-state index in [-0.39, 0.29) is 38.0 Å². The van der Waals surface area contributed by atoms with Gasteiger partial charge in [0.05, 0.1) is 6.42 Å². The van der Waals surface area contributed by atoms with Gasteiger partial charge in [0.2, 0.25) is 0 Å².